The lowest BCUT2D eigenvalue weighted by Crippen LogP contribution is -2.33. The van der Waals surface area contributed by atoms with E-state index in [2.05, 4.69) is 10.2 Å². The second-order valence-electron chi connectivity index (χ2n) is 5.90. The molecule has 0 atom stereocenters. The number of ether oxygens (including phenoxy) is 1. The molecule has 1 aromatic heterocycles. The molecule has 2 aromatic rings. The number of sulfonamides is 1. The maximum atomic E-state index is 14.1. The molecule has 1 N–H and O–H groups in total. The predicted molar refractivity (Wildman–Crippen MR) is 86.3 cm³/mol. The SMILES string of the molecule is COc1cc(C(=O)NS(=O)(=O)c2c(F)ccc(C)c2F)nnc1C1CC1. The monoisotopic (exact) mass is 383 g/mol. The molecular formula is C16H15F2N3O4S. The molecule has 1 aliphatic rings. The van der Waals surface area contributed by atoms with Crippen molar-refractivity contribution in [3.8, 4) is 5.75 Å². The molecule has 1 heterocycles. The van der Waals surface area contributed by atoms with E-state index in [-0.39, 0.29) is 17.2 Å². The molecule has 10 heteroatoms. The molecule has 1 fully saturated rings. The van der Waals surface area contributed by atoms with Gasteiger partial charge in [0.2, 0.25) is 0 Å². The number of rotatable bonds is 5. The average molecular weight is 383 g/mol. The Labute approximate surface area is 148 Å². The van der Waals surface area contributed by atoms with Crippen LogP contribution in [0, 0.1) is 18.6 Å². The van der Waals surface area contributed by atoms with Crippen molar-refractivity contribution >= 4 is 15.9 Å². The van der Waals surface area contributed by atoms with E-state index in [0.717, 1.165) is 25.0 Å². The van der Waals surface area contributed by atoms with Gasteiger partial charge in [0.25, 0.3) is 15.9 Å². The van der Waals surface area contributed by atoms with E-state index in [4.69, 9.17) is 4.74 Å². The highest BCUT2D eigenvalue weighted by atomic mass is 32.2. The van der Waals surface area contributed by atoms with Gasteiger partial charge in [0.15, 0.2) is 10.6 Å². The Balaban J connectivity index is 1.91. The highest BCUT2D eigenvalue weighted by molar-refractivity contribution is 7.90. The number of carbonyl (C=O) groups is 1. The highest BCUT2D eigenvalue weighted by Gasteiger charge is 2.31. The number of nitrogens with one attached hydrogen (secondary N) is 1. The van der Waals surface area contributed by atoms with Crippen LogP contribution in [0.1, 0.15) is 40.5 Å². The molecule has 1 aromatic carbocycles. The first-order chi connectivity index (χ1) is 12.2. The highest BCUT2D eigenvalue weighted by Crippen LogP contribution is 2.42. The number of halogens is 2. The summed E-state index contributed by atoms with van der Waals surface area (Å²) >= 11 is 0. The Morgan fingerprint density at radius 1 is 1.27 bits per heavy atom. The van der Waals surface area contributed by atoms with Gasteiger partial charge in [-0.05, 0) is 31.4 Å². The van der Waals surface area contributed by atoms with Gasteiger partial charge >= 0.3 is 0 Å². The quantitative estimate of drug-likeness (QED) is 0.849. The smallest absolute Gasteiger partial charge is 0.285 e. The van der Waals surface area contributed by atoms with Crippen LogP contribution in [-0.4, -0.2) is 31.6 Å². The molecule has 138 valence electrons. The maximum Gasteiger partial charge on any atom is 0.285 e. The number of nitrogens with zero attached hydrogens (tertiary/aromatic N) is 2. The molecule has 1 saturated carbocycles. The molecular weight excluding hydrogens is 368 g/mol. The predicted octanol–water partition coefficient (Wildman–Crippen LogP) is 2.07. The van der Waals surface area contributed by atoms with E-state index in [0.29, 0.717) is 11.4 Å². The van der Waals surface area contributed by atoms with Crippen LogP contribution in [0.4, 0.5) is 8.78 Å². The number of benzene rings is 1. The molecule has 0 aliphatic heterocycles. The molecule has 0 unspecified atom stereocenters. The summed E-state index contributed by atoms with van der Waals surface area (Å²) in [6, 6.07) is 3.15. The first-order valence-corrected chi connectivity index (χ1v) is 9.16. The van der Waals surface area contributed by atoms with Gasteiger partial charge in [-0.1, -0.05) is 6.07 Å². The first-order valence-electron chi connectivity index (χ1n) is 7.68. The number of methoxy groups -OCH3 is 1. The maximum absolute atomic E-state index is 14.1. The van der Waals surface area contributed by atoms with Crippen molar-refractivity contribution in [3.05, 3.63) is 46.8 Å². The third-order valence-corrected chi connectivity index (χ3v) is 5.31. The van der Waals surface area contributed by atoms with Gasteiger partial charge < -0.3 is 4.74 Å². The minimum Gasteiger partial charge on any atom is -0.495 e. The van der Waals surface area contributed by atoms with Crippen LogP contribution in [0.3, 0.4) is 0 Å². The van der Waals surface area contributed by atoms with Crippen LogP contribution >= 0.6 is 0 Å². The number of carbonyl (C=O) groups excluding carboxylic acids is 1. The van der Waals surface area contributed by atoms with Gasteiger partial charge in [0.1, 0.15) is 23.1 Å². The molecule has 1 aliphatic carbocycles. The van der Waals surface area contributed by atoms with Crippen molar-refractivity contribution in [2.45, 2.75) is 30.6 Å². The lowest BCUT2D eigenvalue weighted by atomic mass is 10.2. The topological polar surface area (TPSA) is 98.2 Å². The van der Waals surface area contributed by atoms with Gasteiger partial charge in [-0.2, -0.15) is 5.10 Å². The van der Waals surface area contributed by atoms with E-state index in [1.807, 2.05) is 0 Å². The normalized spacial score (nSPS) is 14.2. The van der Waals surface area contributed by atoms with Crippen LogP contribution in [0.15, 0.2) is 23.1 Å². The minimum atomic E-state index is -4.78. The van der Waals surface area contributed by atoms with Gasteiger partial charge in [0.05, 0.1) is 7.11 Å². The largest absolute Gasteiger partial charge is 0.495 e. The standard InChI is InChI=1S/C16H15F2N3O4S/c1-8-3-6-10(17)15(13(8)18)26(23,24)21-16(22)11-7-12(25-2)14(20-19-11)9-4-5-9/h3,6-7,9H,4-5H2,1-2H3,(H,21,22). The van der Waals surface area contributed by atoms with Gasteiger partial charge in [-0.25, -0.2) is 21.9 Å². The van der Waals surface area contributed by atoms with Gasteiger partial charge in [-0.15, -0.1) is 5.10 Å². The lowest BCUT2D eigenvalue weighted by Gasteiger charge is -2.11. The Morgan fingerprint density at radius 2 is 1.96 bits per heavy atom. The second-order valence-corrected chi connectivity index (χ2v) is 7.52. The first kappa shape index (κ1) is 18.2. The average Bonchev–Trinajstić information content (AvgIpc) is 3.42. The van der Waals surface area contributed by atoms with Crippen molar-refractivity contribution in [2.24, 2.45) is 0 Å². The lowest BCUT2D eigenvalue weighted by molar-refractivity contribution is 0.0975. The summed E-state index contributed by atoms with van der Waals surface area (Å²) in [5, 5.41) is 7.60. The summed E-state index contributed by atoms with van der Waals surface area (Å²) in [6.07, 6.45) is 1.85. The summed E-state index contributed by atoms with van der Waals surface area (Å²) in [4.78, 5) is 11.0. The van der Waals surface area contributed by atoms with Gasteiger partial charge in [0, 0.05) is 12.0 Å². The van der Waals surface area contributed by atoms with Gasteiger partial charge in [-0.3, -0.25) is 4.79 Å². The molecule has 7 nitrogen and oxygen atoms in total. The summed E-state index contributed by atoms with van der Waals surface area (Å²) in [5.74, 6) is -3.23. The minimum absolute atomic E-state index is 0.0746. The van der Waals surface area contributed by atoms with Crippen LogP contribution in [0.2, 0.25) is 0 Å². The van der Waals surface area contributed by atoms with Crippen molar-refractivity contribution in [2.75, 3.05) is 7.11 Å². The van der Waals surface area contributed by atoms with E-state index in [1.165, 1.54) is 20.1 Å². The summed E-state index contributed by atoms with van der Waals surface area (Å²) in [7, 11) is -3.40. The molecule has 0 saturated heterocycles. The van der Waals surface area contributed by atoms with Crippen LogP contribution in [-0.2, 0) is 10.0 Å². The van der Waals surface area contributed by atoms with E-state index < -0.39 is 32.5 Å². The van der Waals surface area contributed by atoms with Crippen molar-refractivity contribution in [1.82, 2.24) is 14.9 Å². The molecule has 0 bridgehead atoms. The number of hydrogen-bond acceptors (Lipinski definition) is 6. The van der Waals surface area contributed by atoms with Crippen LogP contribution in [0.5, 0.6) is 5.75 Å². The molecule has 0 radical (unpaired) electrons. The fourth-order valence-corrected chi connectivity index (χ4v) is 3.57. The van der Waals surface area contributed by atoms with Crippen molar-refractivity contribution in [3.63, 3.8) is 0 Å². The zero-order valence-corrected chi connectivity index (χ0v) is 14.7. The number of amides is 1. The molecule has 26 heavy (non-hydrogen) atoms. The summed E-state index contributed by atoms with van der Waals surface area (Å²) in [5.41, 5.74) is 0.167. The van der Waals surface area contributed by atoms with Crippen LogP contribution < -0.4 is 9.46 Å². The Bertz CT molecular complexity index is 991. The Kier molecular flexibility index (Phi) is 4.61. The number of hydrogen-bond donors (Lipinski definition) is 1. The zero-order valence-electron chi connectivity index (χ0n) is 13.9. The number of aryl methyl sites for hydroxylation is 1. The zero-order chi connectivity index (χ0) is 19.1. The Morgan fingerprint density at radius 3 is 2.58 bits per heavy atom. The molecule has 0 spiro atoms. The van der Waals surface area contributed by atoms with E-state index in [9.17, 15) is 22.0 Å². The third-order valence-electron chi connectivity index (χ3n) is 3.94. The second kappa shape index (κ2) is 6.60. The fraction of sp³-hybridized carbons (Fsp3) is 0.312. The third kappa shape index (κ3) is 3.36. The fourth-order valence-electron chi connectivity index (χ4n) is 2.40. The number of aromatic nitrogens is 2. The van der Waals surface area contributed by atoms with Crippen molar-refractivity contribution < 1.29 is 26.7 Å². The van der Waals surface area contributed by atoms with E-state index >= 15 is 0 Å². The van der Waals surface area contributed by atoms with Crippen LogP contribution in [0.25, 0.3) is 0 Å². The molecule has 1 amide bonds. The Hall–Kier alpha value is -2.62. The van der Waals surface area contributed by atoms with Crippen molar-refractivity contribution in [1.29, 1.82) is 0 Å². The summed E-state index contributed by atoms with van der Waals surface area (Å²) < 4.78 is 59.2. The van der Waals surface area contributed by atoms with E-state index in [1.54, 1.807) is 4.72 Å². The summed E-state index contributed by atoms with van der Waals surface area (Å²) in [6.45, 7) is 1.28. The molecule has 3 rings (SSSR count).